The monoisotopic (exact) mass is 1830 g/mol. The second-order valence-electron chi connectivity index (χ2n) is 33.0. The van der Waals surface area contributed by atoms with Gasteiger partial charge in [0.1, 0.15) is 0 Å². The smallest absolute Gasteiger partial charge is 0.423 e. The lowest BCUT2D eigenvalue weighted by Gasteiger charge is -2.13. The summed E-state index contributed by atoms with van der Waals surface area (Å²) in [5.41, 5.74) is 27.4. The fraction of sp³-hybridized carbons (Fsp3) is 0.00847. The highest BCUT2D eigenvalue weighted by Gasteiger charge is 2.24. The molecular formula is C118H79BCl3N13O2. The second kappa shape index (κ2) is 38.0. The van der Waals surface area contributed by atoms with Crippen LogP contribution in [0.4, 0.5) is 0 Å². The number of hydrogen-bond donors (Lipinski definition) is 2. The number of halogens is 3. The van der Waals surface area contributed by atoms with Crippen LogP contribution >= 0.6 is 34.8 Å². The van der Waals surface area contributed by atoms with Gasteiger partial charge in [-0.1, -0.05) is 382 Å². The molecule has 7 heterocycles. The molecule has 0 spiro atoms. The molecule has 1 aliphatic rings. The summed E-state index contributed by atoms with van der Waals surface area (Å²) in [4.78, 5) is 41.1. The molecule has 2 N–H and O–H groups in total. The van der Waals surface area contributed by atoms with E-state index in [1.165, 1.54) is 54.9 Å². The SMILES string of the molecule is Clc1nc(-c2ccc(-c3ccccc3)cc2)nc(-n2c3ccccc3c3ccccc32)n1.Clc1nc(Cl)nc(-c2ccc(-c3ccccc3)cc2)n1.OB(O)c1cccc(-n2c3ccccc3c3ccccc32)c1.c1ccc(-c2ccc(-c3nc(-c4cccc(-n5c6ccccc6c6ccccc65)c4)nc(-n4c5ccccc5c5ccccc54)n3)cc2)cc1.c1ccc2c(c1)Cc1ccccc1-2. The van der Waals surface area contributed by atoms with E-state index in [2.05, 4.69) is 342 Å². The molecule has 0 aliphatic heterocycles. The zero-order valence-corrected chi connectivity index (χ0v) is 75.7. The number of fused-ring (bicyclic) bond motifs is 15. The van der Waals surface area contributed by atoms with Crippen molar-refractivity contribution in [2.24, 2.45) is 0 Å². The minimum Gasteiger partial charge on any atom is -0.423 e. The van der Waals surface area contributed by atoms with Crippen molar-refractivity contribution in [3.63, 3.8) is 0 Å². The Morgan fingerprint density at radius 3 is 0.796 bits per heavy atom. The third-order valence-electron chi connectivity index (χ3n) is 24.8. The minimum atomic E-state index is -1.46. The molecule has 15 nitrogen and oxygen atoms in total. The number of benzene rings is 18. The highest BCUT2D eigenvalue weighted by molar-refractivity contribution is 6.58. The predicted molar refractivity (Wildman–Crippen MR) is 561 cm³/mol. The molecule has 0 bridgehead atoms. The van der Waals surface area contributed by atoms with Gasteiger partial charge in [0.25, 0.3) is 0 Å². The number of rotatable bonds is 12. The first-order valence-corrected chi connectivity index (χ1v) is 46.0. The molecule has 0 radical (unpaired) electrons. The van der Waals surface area contributed by atoms with Crippen molar-refractivity contribution in [2.75, 3.05) is 0 Å². The Labute approximate surface area is 803 Å². The summed E-state index contributed by atoms with van der Waals surface area (Å²) in [7, 11) is -1.46. The first-order chi connectivity index (χ1) is 67.5. The van der Waals surface area contributed by atoms with Gasteiger partial charge in [-0.05, 0) is 175 Å². The molecule has 26 rings (SSSR count). The van der Waals surface area contributed by atoms with Crippen molar-refractivity contribution < 1.29 is 10.0 Å². The van der Waals surface area contributed by atoms with E-state index < -0.39 is 7.12 Å². The predicted octanol–water partition coefficient (Wildman–Crippen LogP) is 28.3. The first kappa shape index (κ1) is 85.5. The molecule has 19 heteroatoms. The average molecular weight is 1830 g/mol. The maximum atomic E-state index is 9.42. The number of nitrogens with zero attached hydrogens (tertiary/aromatic N) is 13. The highest BCUT2D eigenvalue weighted by Crippen LogP contribution is 2.41. The van der Waals surface area contributed by atoms with E-state index in [0.717, 1.165) is 128 Å². The van der Waals surface area contributed by atoms with Gasteiger partial charge in [-0.25, -0.2) is 4.98 Å². The van der Waals surface area contributed by atoms with Crippen molar-refractivity contribution in [3.8, 4) is 113 Å². The Kier molecular flexibility index (Phi) is 23.7. The quantitative estimate of drug-likeness (QED) is 0.111. The molecule has 652 valence electrons. The van der Waals surface area contributed by atoms with Gasteiger partial charge in [0.15, 0.2) is 23.3 Å². The molecule has 1 aliphatic carbocycles. The topological polar surface area (TPSA) is 176 Å². The van der Waals surface area contributed by atoms with Crippen LogP contribution in [0.1, 0.15) is 11.1 Å². The molecular weight excluding hydrogens is 1750 g/mol. The van der Waals surface area contributed by atoms with E-state index in [0.29, 0.717) is 40.7 Å². The first-order valence-electron chi connectivity index (χ1n) is 44.9. The highest BCUT2D eigenvalue weighted by atomic mass is 35.5. The standard InChI is InChI=1S/C45H29N5.C27H17ClN4.C18H14BNO2.C15H9Cl2N3.C13H10/c1-2-13-30(14-3-1)31-25-27-32(28-26-31)43-46-44(48-45(47-43)50-41-23-10-6-19-37(41)38-20-7-11-24-42(38)50)33-15-12-16-34(29-33)49-39-21-8-4-17-35(39)36-18-5-9-22-40(36)49;28-26-29-25(20-16-14-19(15-17-20)18-8-2-1-3-9-18)30-27(31-26)32-23-12-6-4-10-21(23)22-11-5-7-13-24(22)32;21-19(22)13-6-5-7-14(12-13)20-17-10-3-1-8-15(17)16-9-2-4-11-18(16)20;16-14-18-13(19-15(17)20-14)12-8-6-11(7-9-12)10-4-2-1-3-5-10;1-3-7-12-10(5-1)9-11-6-2-4-8-13(11)12/h1-29H;1-17H;1-12,21-22H;1-9H;1-8H,9H2. The summed E-state index contributed by atoms with van der Waals surface area (Å²) >= 11 is 17.9. The summed E-state index contributed by atoms with van der Waals surface area (Å²) < 4.78 is 8.68. The molecule has 0 amide bonds. The van der Waals surface area contributed by atoms with E-state index in [1.54, 1.807) is 6.07 Å². The van der Waals surface area contributed by atoms with E-state index in [9.17, 15) is 10.0 Å². The zero-order valence-electron chi connectivity index (χ0n) is 73.4. The second-order valence-corrected chi connectivity index (χ2v) is 34.0. The van der Waals surface area contributed by atoms with Crippen LogP contribution in [0.15, 0.2) is 455 Å². The normalized spacial score (nSPS) is 11.4. The van der Waals surface area contributed by atoms with Crippen LogP contribution in [0.5, 0.6) is 0 Å². The van der Waals surface area contributed by atoms with Gasteiger partial charge in [-0.2, -0.15) is 39.9 Å². The van der Waals surface area contributed by atoms with Crippen molar-refractivity contribution in [1.82, 2.24) is 63.1 Å². The van der Waals surface area contributed by atoms with Gasteiger partial charge in [0.2, 0.25) is 27.7 Å². The van der Waals surface area contributed by atoms with Crippen molar-refractivity contribution in [1.29, 1.82) is 0 Å². The number of para-hydroxylation sites is 8. The zero-order chi connectivity index (χ0) is 92.2. The lowest BCUT2D eigenvalue weighted by molar-refractivity contribution is 0.425. The third-order valence-corrected chi connectivity index (χ3v) is 25.3. The van der Waals surface area contributed by atoms with Crippen LogP contribution in [0, 0.1) is 0 Å². The minimum absolute atomic E-state index is 0.0899. The van der Waals surface area contributed by atoms with Gasteiger partial charge >= 0.3 is 7.12 Å². The molecule has 0 saturated heterocycles. The molecule has 0 saturated carbocycles. The van der Waals surface area contributed by atoms with Crippen LogP contribution in [-0.4, -0.2) is 80.3 Å². The molecule has 0 atom stereocenters. The largest absolute Gasteiger partial charge is 0.488 e. The van der Waals surface area contributed by atoms with Gasteiger partial charge in [-0.15, -0.1) is 0 Å². The number of hydrogen-bond acceptors (Lipinski definition) is 11. The van der Waals surface area contributed by atoms with Crippen LogP contribution in [0.25, 0.3) is 201 Å². The van der Waals surface area contributed by atoms with Gasteiger partial charge in [0.05, 0.1) is 44.1 Å². The fourth-order valence-electron chi connectivity index (χ4n) is 18.4. The summed E-state index contributed by atoms with van der Waals surface area (Å²) in [5.74, 6) is 3.33. The summed E-state index contributed by atoms with van der Waals surface area (Å²) in [6, 6.07) is 156. The van der Waals surface area contributed by atoms with Gasteiger partial charge < -0.3 is 19.2 Å². The fourth-order valence-corrected chi connectivity index (χ4v) is 19.0. The number of aromatic nitrogens is 13. The Balaban J connectivity index is 0.000000107. The van der Waals surface area contributed by atoms with E-state index in [4.69, 9.17) is 54.7 Å². The van der Waals surface area contributed by atoms with E-state index in [-0.39, 0.29) is 15.9 Å². The van der Waals surface area contributed by atoms with Crippen LogP contribution in [0.3, 0.4) is 0 Å². The van der Waals surface area contributed by atoms with Crippen LogP contribution in [-0.2, 0) is 6.42 Å². The lowest BCUT2D eigenvalue weighted by atomic mass is 9.80. The van der Waals surface area contributed by atoms with Crippen LogP contribution < -0.4 is 5.46 Å². The molecule has 25 aromatic rings. The summed E-state index contributed by atoms with van der Waals surface area (Å²) in [6.07, 6.45) is 1.10. The van der Waals surface area contributed by atoms with Crippen LogP contribution in [0.2, 0.25) is 15.9 Å². The van der Waals surface area contributed by atoms with Crippen molar-refractivity contribution in [2.45, 2.75) is 6.42 Å². The molecule has 137 heavy (non-hydrogen) atoms. The Morgan fingerprint density at radius 1 is 0.197 bits per heavy atom. The molecule has 7 aromatic heterocycles. The van der Waals surface area contributed by atoms with E-state index >= 15 is 0 Å². The summed E-state index contributed by atoms with van der Waals surface area (Å²) in [5, 5.41) is 28.6. The Bertz CT molecular complexity index is 8510. The third kappa shape index (κ3) is 17.3. The maximum Gasteiger partial charge on any atom is 0.488 e. The van der Waals surface area contributed by atoms with E-state index in [1.807, 2.05) is 150 Å². The molecule has 0 unspecified atom stereocenters. The van der Waals surface area contributed by atoms with Crippen molar-refractivity contribution >= 4 is 135 Å². The summed E-state index contributed by atoms with van der Waals surface area (Å²) in [6.45, 7) is 0. The van der Waals surface area contributed by atoms with Crippen molar-refractivity contribution in [3.05, 3.63) is 482 Å². The lowest BCUT2D eigenvalue weighted by Crippen LogP contribution is -2.29. The Hall–Kier alpha value is -17.0. The molecule has 0 fully saturated rings. The average Bonchev–Trinajstić information content (AvgIpc) is 1.59. The Morgan fingerprint density at radius 2 is 0.445 bits per heavy atom. The van der Waals surface area contributed by atoms with Gasteiger partial charge in [-0.3, -0.25) is 9.13 Å². The van der Waals surface area contributed by atoms with Gasteiger partial charge in [0, 0.05) is 76.7 Å². The maximum absolute atomic E-state index is 9.42. The molecule has 18 aromatic carbocycles.